The fourth-order valence-electron chi connectivity index (χ4n) is 3.37. The molecule has 8 heteroatoms. The number of anilines is 2. The van der Waals surface area contributed by atoms with Crippen molar-refractivity contribution in [3.63, 3.8) is 0 Å². The molecule has 1 unspecified atom stereocenters. The van der Waals surface area contributed by atoms with Crippen molar-refractivity contribution >= 4 is 22.9 Å². The summed E-state index contributed by atoms with van der Waals surface area (Å²) in [6.45, 7) is -0.483. The highest BCUT2D eigenvalue weighted by atomic mass is 19.1. The molecule has 0 saturated carbocycles. The summed E-state index contributed by atoms with van der Waals surface area (Å²) in [6.07, 6.45) is -1.10. The Morgan fingerprint density at radius 2 is 1.47 bits per heavy atom. The van der Waals surface area contributed by atoms with Crippen LogP contribution in [0.2, 0.25) is 0 Å². The summed E-state index contributed by atoms with van der Waals surface area (Å²) in [5.41, 5.74) is 1.03. The van der Waals surface area contributed by atoms with Crippen LogP contribution in [0.15, 0.2) is 78.1 Å². The van der Waals surface area contributed by atoms with Crippen molar-refractivity contribution in [2.24, 2.45) is 0 Å². The minimum Gasteiger partial charge on any atom is -0.393 e. The summed E-state index contributed by atoms with van der Waals surface area (Å²) >= 11 is 0. The second kappa shape index (κ2) is 8.70. The normalized spacial score (nSPS) is 14.8. The first-order valence-corrected chi connectivity index (χ1v) is 9.69. The van der Waals surface area contributed by atoms with E-state index < -0.39 is 35.9 Å². The van der Waals surface area contributed by atoms with Crippen LogP contribution < -0.4 is 10.6 Å². The lowest BCUT2D eigenvalue weighted by Gasteiger charge is -2.12. The number of hydrogen-bond donors (Lipinski definition) is 4. The number of aliphatic hydroxyl groups is 2. The standard InChI is InChI=1S/C24H18F2N2O4/c25-16-3-1-2-15(10-16)23(32)21(24-27-18-9-8-17(26)11-19(18)28-24)22(31)14-6-4-13(5-7-14)20(30)12-29/h1-11,20,27-30H,12H2/b24-21-. The molecule has 3 aromatic rings. The Kier molecular flexibility index (Phi) is 5.81. The van der Waals surface area contributed by atoms with Gasteiger partial charge in [-0.25, -0.2) is 8.78 Å². The summed E-state index contributed by atoms with van der Waals surface area (Å²) in [7, 11) is 0. The first kappa shape index (κ1) is 21.4. The van der Waals surface area contributed by atoms with E-state index in [1.54, 1.807) is 0 Å². The van der Waals surface area contributed by atoms with Crippen LogP contribution in [0.4, 0.5) is 20.2 Å². The number of halogens is 2. The molecular weight excluding hydrogens is 418 g/mol. The van der Waals surface area contributed by atoms with E-state index in [4.69, 9.17) is 5.11 Å². The number of carbonyl (C=O) groups is 2. The van der Waals surface area contributed by atoms with Crippen LogP contribution in [0.3, 0.4) is 0 Å². The maximum Gasteiger partial charge on any atom is 0.200 e. The van der Waals surface area contributed by atoms with Gasteiger partial charge in [0, 0.05) is 11.1 Å². The van der Waals surface area contributed by atoms with Crippen LogP contribution in [0.1, 0.15) is 32.4 Å². The summed E-state index contributed by atoms with van der Waals surface area (Å²) in [5.74, 6) is -2.47. The number of aliphatic hydroxyl groups excluding tert-OH is 2. The van der Waals surface area contributed by atoms with Gasteiger partial charge in [-0.1, -0.05) is 36.4 Å². The highest BCUT2D eigenvalue weighted by Gasteiger charge is 2.29. The van der Waals surface area contributed by atoms with Crippen LogP contribution in [0.5, 0.6) is 0 Å². The van der Waals surface area contributed by atoms with Gasteiger partial charge in [0.05, 0.1) is 18.0 Å². The zero-order valence-electron chi connectivity index (χ0n) is 16.6. The number of benzene rings is 3. The molecule has 3 aromatic carbocycles. The van der Waals surface area contributed by atoms with Gasteiger partial charge in [-0.3, -0.25) is 9.59 Å². The van der Waals surface area contributed by atoms with Crippen molar-refractivity contribution in [1.29, 1.82) is 0 Å². The van der Waals surface area contributed by atoms with Crippen molar-refractivity contribution < 1.29 is 28.6 Å². The van der Waals surface area contributed by atoms with Gasteiger partial charge >= 0.3 is 0 Å². The molecule has 6 nitrogen and oxygen atoms in total. The lowest BCUT2D eigenvalue weighted by atomic mass is 9.94. The average molecular weight is 436 g/mol. The second-order valence-corrected chi connectivity index (χ2v) is 7.18. The number of fused-ring (bicyclic) bond motifs is 1. The molecule has 0 amide bonds. The van der Waals surface area contributed by atoms with E-state index in [0.717, 1.165) is 6.07 Å². The molecule has 0 bridgehead atoms. The smallest absolute Gasteiger partial charge is 0.200 e. The molecule has 1 atom stereocenters. The highest BCUT2D eigenvalue weighted by molar-refractivity contribution is 6.32. The molecule has 32 heavy (non-hydrogen) atoms. The number of hydrogen-bond acceptors (Lipinski definition) is 6. The van der Waals surface area contributed by atoms with E-state index in [-0.39, 0.29) is 22.5 Å². The third-order valence-corrected chi connectivity index (χ3v) is 5.02. The Balaban J connectivity index is 1.78. The minimum absolute atomic E-state index is 0.0288. The van der Waals surface area contributed by atoms with Crippen molar-refractivity contribution in [1.82, 2.24) is 0 Å². The van der Waals surface area contributed by atoms with E-state index in [0.29, 0.717) is 16.9 Å². The molecule has 1 aliphatic heterocycles. The fraction of sp³-hybridized carbons (Fsp3) is 0.0833. The maximum atomic E-state index is 13.7. The zero-order valence-corrected chi connectivity index (χ0v) is 16.6. The Hall–Kier alpha value is -3.88. The summed E-state index contributed by atoms with van der Waals surface area (Å²) < 4.78 is 27.4. The molecule has 0 aliphatic carbocycles. The van der Waals surface area contributed by atoms with Gasteiger partial charge in [0.15, 0.2) is 0 Å². The number of allylic oxidation sites excluding steroid dienone is 1. The molecule has 0 spiro atoms. The predicted molar refractivity (Wildman–Crippen MR) is 114 cm³/mol. The largest absolute Gasteiger partial charge is 0.393 e. The van der Waals surface area contributed by atoms with E-state index in [9.17, 15) is 23.5 Å². The first-order chi connectivity index (χ1) is 15.4. The summed E-state index contributed by atoms with van der Waals surface area (Å²) in [6, 6.07) is 14.6. The third-order valence-electron chi connectivity index (χ3n) is 5.02. The van der Waals surface area contributed by atoms with Gasteiger partial charge in [-0.15, -0.1) is 0 Å². The Labute approximate surface area is 181 Å². The lowest BCUT2D eigenvalue weighted by molar-refractivity contribution is 0.0949. The molecule has 0 radical (unpaired) electrons. The van der Waals surface area contributed by atoms with Gasteiger partial charge in [-0.05, 0) is 35.9 Å². The minimum atomic E-state index is -1.10. The molecular formula is C24H18F2N2O4. The molecule has 0 saturated heterocycles. The summed E-state index contributed by atoms with van der Waals surface area (Å²) in [5, 5.41) is 24.6. The quantitative estimate of drug-likeness (QED) is 0.203. The Morgan fingerprint density at radius 1 is 0.812 bits per heavy atom. The van der Waals surface area contributed by atoms with Crippen molar-refractivity contribution in [3.8, 4) is 0 Å². The van der Waals surface area contributed by atoms with Crippen LogP contribution in [0, 0.1) is 11.6 Å². The van der Waals surface area contributed by atoms with Crippen molar-refractivity contribution in [2.45, 2.75) is 6.10 Å². The van der Waals surface area contributed by atoms with Gasteiger partial charge in [0.25, 0.3) is 0 Å². The van der Waals surface area contributed by atoms with Gasteiger partial charge < -0.3 is 20.8 Å². The Morgan fingerprint density at radius 3 is 2.16 bits per heavy atom. The van der Waals surface area contributed by atoms with Gasteiger partial charge in [-0.2, -0.15) is 0 Å². The van der Waals surface area contributed by atoms with Gasteiger partial charge in [0.2, 0.25) is 11.6 Å². The van der Waals surface area contributed by atoms with Gasteiger partial charge in [0.1, 0.15) is 29.1 Å². The average Bonchev–Trinajstić information content (AvgIpc) is 3.21. The van der Waals surface area contributed by atoms with Crippen LogP contribution in [-0.2, 0) is 0 Å². The maximum absolute atomic E-state index is 13.7. The number of carbonyl (C=O) groups excluding carboxylic acids is 2. The molecule has 4 N–H and O–H groups in total. The zero-order chi connectivity index (χ0) is 22.8. The SMILES string of the molecule is O=C(/C(C(=O)c1cccc(F)c1)=C1\Nc2ccc(F)cc2N1)c1ccc(C(O)CO)cc1. The van der Waals surface area contributed by atoms with Crippen molar-refractivity contribution in [2.75, 3.05) is 17.2 Å². The molecule has 0 fully saturated rings. The van der Waals surface area contributed by atoms with E-state index in [1.165, 1.54) is 60.7 Å². The summed E-state index contributed by atoms with van der Waals surface area (Å²) in [4.78, 5) is 26.6. The van der Waals surface area contributed by atoms with E-state index >= 15 is 0 Å². The fourth-order valence-corrected chi connectivity index (χ4v) is 3.37. The molecule has 4 rings (SSSR count). The van der Waals surface area contributed by atoms with E-state index in [2.05, 4.69) is 10.6 Å². The molecule has 1 aliphatic rings. The highest BCUT2D eigenvalue weighted by Crippen LogP contribution is 2.33. The number of nitrogens with one attached hydrogen (secondary N) is 2. The number of Topliss-reactive ketones (excluding diaryl/α,β-unsaturated/α-hetero) is 2. The molecule has 162 valence electrons. The second-order valence-electron chi connectivity index (χ2n) is 7.18. The topological polar surface area (TPSA) is 98.7 Å². The Bertz CT molecular complexity index is 1240. The lowest BCUT2D eigenvalue weighted by Crippen LogP contribution is -2.21. The van der Waals surface area contributed by atoms with E-state index in [1.807, 2.05) is 0 Å². The third kappa shape index (κ3) is 4.14. The number of rotatable bonds is 6. The molecule has 0 aromatic heterocycles. The van der Waals surface area contributed by atoms with Crippen LogP contribution in [-0.4, -0.2) is 28.4 Å². The van der Waals surface area contributed by atoms with Crippen molar-refractivity contribution in [3.05, 3.63) is 106 Å². The molecule has 1 heterocycles. The monoisotopic (exact) mass is 436 g/mol. The predicted octanol–water partition coefficient (Wildman–Crippen LogP) is 3.81. The first-order valence-electron chi connectivity index (χ1n) is 9.69. The number of ketones is 2. The van der Waals surface area contributed by atoms with Crippen LogP contribution >= 0.6 is 0 Å². The van der Waals surface area contributed by atoms with Crippen LogP contribution in [0.25, 0.3) is 0 Å².